The first-order valence-corrected chi connectivity index (χ1v) is 8.72. The Morgan fingerprint density at radius 1 is 1.21 bits per heavy atom. The number of nitrogens with one attached hydrogen (secondary N) is 1. The van der Waals surface area contributed by atoms with Crippen molar-refractivity contribution >= 4 is 11.7 Å². The fourth-order valence-electron chi connectivity index (χ4n) is 3.97. The molecule has 0 bridgehead atoms. The number of hydrogen-bond donors (Lipinski definition) is 1. The zero-order valence-corrected chi connectivity index (χ0v) is 14.2. The van der Waals surface area contributed by atoms with Gasteiger partial charge >= 0.3 is 0 Å². The highest BCUT2D eigenvalue weighted by Gasteiger charge is 2.31. The minimum atomic E-state index is 0.0433. The van der Waals surface area contributed by atoms with E-state index in [0.29, 0.717) is 12.5 Å². The predicted molar refractivity (Wildman–Crippen MR) is 92.4 cm³/mol. The number of fused-ring (bicyclic) bond motifs is 1. The summed E-state index contributed by atoms with van der Waals surface area (Å²) in [4.78, 5) is 12.1. The number of aromatic nitrogens is 2. The van der Waals surface area contributed by atoms with Crippen molar-refractivity contribution in [3.63, 3.8) is 0 Å². The molecule has 0 spiro atoms. The van der Waals surface area contributed by atoms with Crippen LogP contribution >= 0.6 is 0 Å². The molecule has 4 rings (SSSR count). The van der Waals surface area contributed by atoms with Crippen LogP contribution in [0.3, 0.4) is 0 Å². The van der Waals surface area contributed by atoms with Crippen LogP contribution < -0.4 is 10.1 Å². The van der Waals surface area contributed by atoms with Crippen molar-refractivity contribution in [2.24, 2.45) is 7.05 Å². The van der Waals surface area contributed by atoms with Gasteiger partial charge in [0.2, 0.25) is 5.91 Å². The molecule has 1 unspecified atom stereocenters. The maximum absolute atomic E-state index is 12.1. The zero-order valence-electron chi connectivity index (χ0n) is 14.2. The molecule has 1 amide bonds. The third-order valence-electron chi connectivity index (χ3n) is 5.15. The van der Waals surface area contributed by atoms with E-state index in [0.717, 1.165) is 41.2 Å². The fourth-order valence-corrected chi connectivity index (χ4v) is 3.97. The lowest BCUT2D eigenvalue weighted by Crippen LogP contribution is -2.24. The number of nitrogens with zero attached hydrogens (tertiary/aromatic N) is 2. The third kappa shape index (κ3) is 2.68. The van der Waals surface area contributed by atoms with Gasteiger partial charge in [-0.05, 0) is 50.3 Å². The van der Waals surface area contributed by atoms with E-state index in [1.165, 1.54) is 12.8 Å². The second kappa shape index (κ2) is 5.96. The lowest BCUT2D eigenvalue weighted by Gasteiger charge is -2.24. The van der Waals surface area contributed by atoms with Crippen LogP contribution in [0.4, 0.5) is 5.82 Å². The Balaban J connectivity index is 1.60. The summed E-state index contributed by atoms with van der Waals surface area (Å²) >= 11 is 0. The zero-order chi connectivity index (χ0) is 16.7. The van der Waals surface area contributed by atoms with Crippen LogP contribution in [0.2, 0.25) is 0 Å². The molecule has 1 aromatic carbocycles. The Kier molecular flexibility index (Phi) is 3.79. The Hall–Kier alpha value is -2.30. The first-order chi connectivity index (χ1) is 11.6. The van der Waals surface area contributed by atoms with Gasteiger partial charge < -0.3 is 10.1 Å². The molecular formula is C19H23N3O2. The van der Waals surface area contributed by atoms with Gasteiger partial charge in [-0.2, -0.15) is 5.10 Å². The van der Waals surface area contributed by atoms with E-state index in [-0.39, 0.29) is 11.8 Å². The van der Waals surface area contributed by atoms with Gasteiger partial charge in [0.1, 0.15) is 11.6 Å². The molecule has 1 saturated carbocycles. The van der Waals surface area contributed by atoms with Crippen LogP contribution in [0.1, 0.15) is 54.8 Å². The van der Waals surface area contributed by atoms with Crippen LogP contribution in [0, 0.1) is 6.92 Å². The van der Waals surface area contributed by atoms with Crippen molar-refractivity contribution in [2.75, 3.05) is 5.32 Å². The Morgan fingerprint density at radius 2 is 1.92 bits per heavy atom. The van der Waals surface area contributed by atoms with E-state index in [4.69, 9.17) is 4.74 Å². The van der Waals surface area contributed by atoms with Crippen LogP contribution in [0.25, 0.3) is 0 Å². The molecule has 1 aliphatic carbocycles. The summed E-state index contributed by atoms with van der Waals surface area (Å²) in [7, 11) is 1.87. The van der Waals surface area contributed by atoms with Crippen LogP contribution in [-0.2, 0) is 11.8 Å². The third-order valence-corrected chi connectivity index (χ3v) is 5.15. The average Bonchev–Trinajstić information content (AvgIpc) is 3.16. The van der Waals surface area contributed by atoms with Crippen molar-refractivity contribution in [2.45, 2.75) is 51.0 Å². The predicted octanol–water partition coefficient (Wildman–Crippen LogP) is 3.52. The fraction of sp³-hybridized carbons (Fsp3) is 0.474. The summed E-state index contributed by atoms with van der Waals surface area (Å²) in [6, 6.07) is 8.24. The summed E-state index contributed by atoms with van der Waals surface area (Å²) < 4.78 is 7.80. The number of aryl methyl sites for hydroxylation is 2. The molecule has 126 valence electrons. The number of hydrogen-bond acceptors (Lipinski definition) is 3. The molecule has 5 nitrogen and oxygen atoms in total. The van der Waals surface area contributed by atoms with Crippen molar-refractivity contribution < 1.29 is 9.53 Å². The van der Waals surface area contributed by atoms with Crippen LogP contribution in [0.15, 0.2) is 24.3 Å². The van der Waals surface area contributed by atoms with Crippen molar-refractivity contribution in [1.82, 2.24) is 9.78 Å². The lowest BCUT2D eigenvalue weighted by atomic mass is 9.86. The van der Waals surface area contributed by atoms with E-state index >= 15 is 0 Å². The first kappa shape index (κ1) is 15.2. The van der Waals surface area contributed by atoms with Gasteiger partial charge in [-0.3, -0.25) is 9.48 Å². The number of rotatable bonds is 3. The second-order valence-corrected chi connectivity index (χ2v) is 6.87. The molecular weight excluding hydrogens is 302 g/mol. The molecule has 0 radical (unpaired) electrons. The monoisotopic (exact) mass is 325 g/mol. The molecule has 5 heteroatoms. The Labute approximate surface area is 142 Å². The number of carbonyl (C=O) groups excluding carboxylic acids is 1. The number of benzene rings is 1. The SMILES string of the molecule is Cc1nn(C)c2c1C(c1ccc(OC3CCCC3)cc1)CC(=O)N2. The summed E-state index contributed by atoms with van der Waals surface area (Å²) in [5, 5.41) is 7.41. The van der Waals surface area contributed by atoms with Gasteiger partial charge in [0.05, 0.1) is 11.8 Å². The number of amides is 1. The molecule has 1 N–H and O–H groups in total. The molecule has 2 heterocycles. The van der Waals surface area contributed by atoms with Gasteiger partial charge in [-0.15, -0.1) is 0 Å². The molecule has 1 fully saturated rings. The normalized spacial score (nSPS) is 20.8. The molecule has 1 atom stereocenters. The first-order valence-electron chi connectivity index (χ1n) is 8.72. The van der Waals surface area contributed by atoms with E-state index in [9.17, 15) is 4.79 Å². The summed E-state index contributed by atoms with van der Waals surface area (Å²) in [5.41, 5.74) is 3.24. The molecule has 2 aliphatic rings. The van der Waals surface area contributed by atoms with Gasteiger partial charge in [-0.1, -0.05) is 12.1 Å². The summed E-state index contributed by atoms with van der Waals surface area (Å²) in [6.45, 7) is 2.00. The Bertz CT molecular complexity index is 758. The molecule has 1 aromatic heterocycles. The maximum Gasteiger partial charge on any atom is 0.226 e. The van der Waals surface area contributed by atoms with Gasteiger partial charge in [-0.25, -0.2) is 0 Å². The van der Waals surface area contributed by atoms with E-state index in [1.54, 1.807) is 4.68 Å². The van der Waals surface area contributed by atoms with Crippen molar-refractivity contribution in [3.05, 3.63) is 41.1 Å². The second-order valence-electron chi connectivity index (χ2n) is 6.87. The molecule has 1 aliphatic heterocycles. The van der Waals surface area contributed by atoms with Crippen molar-refractivity contribution in [3.8, 4) is 5.75 Å². The standard InChI is InChI=1S/C19H23N3O2/c1-12-18-16(11-17(23)20-19(18)22(2)21-12)13-7-9-15(10-8-13)24-14-5-3-4-6-14/h7-10,14,16H,3-6,11H2,1-2H3,(H,20,23). The highest BCUT2D eigenvalue weighted by atomic mass is 16.5. The minimum Gasteiger partial charge on any atom is -0.490 e. The van der Waals surface area contributed by atoms with Crippen LogP contribution in [0.5, 0.6) is 5.75 Å². The molecule has 0 saturated heterocycles. The summed E-state index contributed by atoms with van der Waals surface area (Å²) in [6.07, 6.45) is 5.67. The summed E-state index contributed by atoms with van der Waals surface area (Å²) in [5.74, 6) is 1.85. The number of anilines is 1. The molecule has 2 aromatic rings. The average molecular weight is 325 g/mol. The minimum absolute atomic E-state index is 0.0433. The largest absolute Gasteiger partial charge is 0.490 e. The van der Waals surface area contributed by atoms with Crippen LogP contribution in [-0.4, -0.2) is 21.8 Å². The lowest BCUT2D eigenvalue weighted by molar-refractivity contribution is -0.116. The maximum atomic E-state index is 12.1. The van der Waals surface area contributed by atoms with Gasteiger partial charge in [0.25, 0.3) is 0 Å². The molecule has 24 heavy (non-hydrogen) atoms. The van der Waals surface area contributed by atoms with Gasteiger partial charge in [0, 0.05) is 24.9 Å². The number of carbonyl (C=O) groups is 1. The van der Waals surface area contributed by atoms with E-state index < -0.39 is 0 Å². The number of ether oxygens (including phenoxy) is 1. The van der Waals surface area contributed by atoms with Crippen molar-refractivity contribution in [1.29, 1.82) is 0 Å². The van der Waals surface area contributed by atoms with E-state index in [1.807, 2.05) is 26.1 Å². The smallest absolute Gasteiger partial charge is 0.226 e. The quantitative estimate of drug-likeness (QED) is 0.939. The topological polar surface area (TPSA) is 56.2 Å². The highest BCUT2D eigenvalue weighted by Crippen LogP contribution is 2.39. The Morgan fingerprint density at radius 3 is 2.62 bits per heavy atom. The van der Waals surface area contributed by atoms with Gasteiger partial charge in [0.15, 0.2) is 0 Å². The van der Waals surface area contributed by atoms with E-state index in [2.05, 4.69) is 22.5 Å². The highest BCUT2D eigenvalue weighted by molar-refractivity contribution is 5.94.